The van der Waals surface area contributed by atoms with E-state index in [-0.39, 0.29) is 11.9 Å². The second-order valence-electron chi connectivity index (χ2n) is 4.79. The number of rotatable bonds is 6. The molecule has 0 aliphatic rings. The highest BCUT2D eigenvalue weighted by Crippen LogP contribution is 2.20. The van der Waals surface area contributed by atoms with E-state index in [1.807, 2.05) is 20.0 Å². The molecule has 2 N–H and O–H groups in total. The van der Waals surface area contributed by atoms with Crippen molar-refractivity contribution in [2.45, 2.75) is 39.7 Å². The molecule has 18 heavy (non-hydrogen) atoms. The standard InChI is InChI=1S/C15H24N2O/c1-11-7-5-8-14(12(11)2)13(3)17-15(18)9-6-10-16-4/h5,7-8,13,16H,6,9-10H2,1-4H3,(H,17,18). The molecule has 0 aliphatic heterocycles. The first-order chi connectivity index (χ1) is 8.56. The lowest BCUT2D eigenvalue weighted by Gasteiger charge is -2.18. The monoisotopic (exact) mass is 248 g/mol. The Bertz CT molecular complexity index is 401. The molecule has 1 aromatic carbocycles. The van der Waals surface area contributed by atoms with Gasteiger partial charge in [-0.2, -0.15) is 0 Å². The zero-order valence-electron chi connectivity index (χ0n) is 11.8. The van der Waals surface area contributed by atoms with Crippen molar-refractivity contribution < 1.29 is 4.79 Å². The van der Waals surface area contributed by atoms with E-state index in [1.165, 1.54) is 16.7 Å². The summed E-state index contributed by atoms with van der Waals surface area (Å²) in [6, 6.07) is 6.30. The average molecular weight is 248 g/mol. The number of nitrogens with one attached hydrogen (secondary N) is 2. The van der Waals surface area contributed by atoms with Gasteiger partial charge in [0.2, 0.25) is 5.91 Å². The van der Waals surface area contributed by atoms with Crippen LogP contribution >= 0.6 is 0 Å². The number of hydrogen-bond donors (Lipinski definition) is 2. The van der Waals surface area contributed by atoms with Crippen LogP contribution in [0.25, 0.3) is 0 Å². The topological polar surface area (TPSA) is 41.1 Å². The van der Waals surface area contributed by atoms with Crippen LogP contribution in [0.1, 0.15) is 42.5 Å². The molecule has 3 nitrogen and oxygen atoms in total. The highest BCUT2D eigenvalue weighted by Gasteiger charge is 2.11. The lowest BCUT2D eigenvalue weighted by atomic mass is 9.98. The van der Waals surface area contributed by atoms with E-state index in [9.17, 15) is 4.79 Å². The molecule has 0 aromatic heterocycles. The predicted molar refractivity (Wildman–Crippen MR) is 75.6 cm³/mol. The fourth-order valence-corrected chi connectivity index (χ4v) is 2.06. The van der Waals surface area contributed by atoms with Crippen LogP contribution in [0, 0.1) is 13.8 Å². The summed E-state index contributed by atoms with van der Waals surface area (Å²) in [4.78, 5) is 11.8. The smallest absolute Gasteiger partial charge is 0.220 e. The molecule has 0 fully saturated rings. The fourth-order valence-electron chi connectivity index (χ4n) is 2.06. The molecule has 0 radical (unpaired) electrons. The molecule has 1 atom stereocenters. The summed E-state index contributed by atoms with van der Waals surface area (Å²) in [5.41, 5.74) is 3.74. The highest BCUT2D eigenvalue weighted by molar-refractivity contribution is 5.76. The van der Waals surface area contributed by atoms with E-state index < -0.39 is 0 Å². The fraction of sp³-hybridized carbons (Fsp3) is 0.533. The van der Waals surface area contributed by atoms with E-state index in [2.05, 4.69) is 36.6 Å². The average Bonchev–Trinajstić information content (AvgIpc) is 2.32. The van der Waals surface area contributed by atoms with Crippen LogP contribution in [0.3, 0.4) is 0 Å². The number of hydrogen-bond acceptors (Lipinski definition) is 2. The first kappa shape index (κ1) is 14.7. The normalized spacial score (nSPS) is 12.2. The third-order valence-electron chi connectivity index (χ3n) is 3.32. The van der Waals surface area contributed by atoms with E-state index in [4.69, 9.17) is 0 Å². The molecule has 100 valence electrons. The van der Waals surface area contributed by atoms with E-state index >= 15 is 0 Å². The van der Waals surface area contributed by atoms with Gasteiger partial charge in [0.1, 0.15) is 0 Å². The van der Waals surface area contributed by atoms with Gasteiger partial charge in [0, 0.05) is 6.42 Å². The molecule has 0 saturated heterocycles. The molecule has 0 saturated carbocycles. The molecular formula is C15H24N2O. The van der Waals surface area contributed by atoms with Crippen molar-refractivity contribution >= 4 is 5.91 Å². The summed E-state index contributed by atoms with van der Waals surface area (Å²) in [5.74, 6) is 0.124. The minimum absolute atomic E-state index is 0.0759. The van der Waals surface area contributed by atoms with Crippen LogP contribution in [-0.4, -0.2) is 19.5 Å². The second kappa shape index (κ2) is 7.17. The van der Waals surface area contributed by atoms with Crippen molar-refractivity contribution in [2.24, 2.45) is 0 Å². The van der Waals surface area contributed by atoms with Gasteiger partial charge in [0.15, 0.2) is 0 Å². The molecule has 1 aromatic rings. The summed E-state index contributed by atoms with van der Waals surface area (Å²) in [6.07, 6.45) is 1.46. The number of benzene rings is 1. The SMILES string of the molecule is CNCCCC(=O)NC(C)c1cccc(C)c1C. The second-order valence-corrected chi connectivity index (χ2v) is 4.79. The molecule has 1 amide bonds. The van der Waals surface area contributed by atoms with Gasteiger partial charge in [-0.1, -0.05) is 18.2 Å². The van der Waals surface area contributed by atoms with Crippen molar-refractivity contribution in [2.75, 3.05) is 13.6 Å². The zero-order chi connectivity index (χ0) is 13.5. The Morgan fingerprint density at radius 1 is 1.33 bits per heavy atom. The molecule has 0 heterocycles. The van der Waals surface area contributed by atoms with Gasteiger partial charge < -0.3 is 10.6 Å². The number of amides is 1. The number of carbonyl (C=O) groups is 1. The van der Waals surface area contributed by atoms with Crippen LogP contribution < -0.4 is 10.6 Å². The first-order valence-corrected chi connectivity index (χ1v) is 6.56. The van der Waals surface area contributed by atoms with Crippen molar-refractivity contribution in [1.29, 1.82) is 0 Å². The third kappa shape index (κ3) is 4.15. The van der Waals surface area contributed by atoms with Crippen LogP contribution in [-0.2, 0) is 4.79 Å². The molecule has 0 bridgehead atoms. The van der Waals surface area contributed by atoms with Crippen LogP contribution in [0.4, 0.5) is 0 Å². The maximum atomic E-state index is 11.8. The minimum Gasteiger partial charge on any atom is -0.350 e. The maximum absolute atomic E-state index is 11.8. The van der Waals surface area contributed by atoms with E-state index in [0.717, 1.165) is 13.0 Å². The Balaban J connectivity index is 2.57. The quantitative estimate of drug-likeness (QED) is 0.759. The number of carbonyl (C=O) groups excluding carboxylic acids is 1. The van der Waals surface area contributed by atoms with Gasteiger partial charge in [-0.05, 0) is 57.5 Å². The van der Waals surface area contributed by atoms with Crippen molar-refractivity contribution in [3.05, 3.63) is 34.9 Å². The van der Waals surface area contributed by atoms with E-state index in [0.29, 0.717) is 6.42 Å². The lowest BCUT2D eigenvalue weighted by Crippen LogP contribution is -2.27. The van der Waals surface area contributed by atoms with Gasteiger partial charge in [-0.15, -0.1) is 0 Å². The zero-order valence-corrected chi connectivity index (χ0v) is 11.8. The van der Waals surface area contributed by atoms with Crippen molar-refractivity contribution in [3.8, 4) is 0 Å². The summed E-state index contributed by atoms with van der Waals surface area (Å²) in [5, 5.41) is 6.10. The molecule has 1 rings (SSSR count). The largest absolute Gasteiger partial charge is 0.350 e. The highest BCUT2D eigenvalue weighted by atomic mass is 16.1. The summed E-state index contributed by atoms with van der Waals surface area (Å²) in [7, 11) is 1.90. The van der Waals surface area contributed by atoms with Gasteiger partial charge in [0.25, 0.3) is 0 Å². The lowest BCUT2D eigenvalue weighted by molar-refractivity contribution is -0.121. The van der Waals surface area contributed by atoms with Crippen molar-refractivity contribution in [3.63, 3.8) is 0 Å². The maximum Gasteiger partial charge on any atom is 0.220 e. The van der Waals surface area contributed by atoms with Crippen LogP contribution in [0.5, 0.6) is 0 Å². The predicted octanol–water partition coefficient (Wildman–Crippen LogP) is 2.48. The molecule has 0 spiro atoms. The summed E-state index contributed by atoms with van der Waals surface area (Å²) < 4.78 is 0. The van der Waals surface area contributed by atoms with Gasteiger partial charge in [-0.25, -0.2) is 0 Å². The first-order valence-electron chi connectivity index (χ1n) is 6.56. The van der Waals surface area contributed by atoms with Crippen LogP contribution in [0.2, 0.25) is 0 Å². The molecule has 3 heteroatoms. The van der Waals surface area contributed by atoms with Crippen molar-refractivity contribution in [1.82, 2.24) is 10.6 Å². The van der Waals surface area contributed by atoms with Gasteiger partial charge in [0.05, 0.1) is 6.04 Å². The minimum atomic E-state index is 0.0759. The Hall–Kier alpha value is -1.35. The van der Waals surface area contributed by atoms with Gasteiger partial charge in [-0.3, -0.25) is 4.79 Å². The van der Waals surface area contributed by atoms with E-state index in [1.54, 1.807) is 0 Å². The Kier molecular flexibility index (Phi) is 5.86. The molecular weight excluding hydrogens is 224 g/mol. The van der Waals surface area contributed by atoms with Gasteiger partial charge >= 0.3 is 0 Å². The summed E-state index contributed by atoms with van der Waals surface area (Å²) in [6.45, 7) is 7.12. The number of aryl methyl sites for hydroxylation is 1. The Labute approximate surface area is 110 Å². The van der Waals surface area contributed by atoms with Crippen LogP contribution in [0.15, 0.2) is 18.2 Å². The summed E-state index contributed by atoms with van der Waals surface area (Å²) >= 11 is 0. The Morgan fingerprint density at radius 2 is 2.06 bits per heavy atom. The molecule has 0 aliphatic carbocycles. The third-order valence-corrected chi connectivity index (χ3v) is 3.32. The molecule has 1 unspecified atom stereocenters. The Morgan fingerprint density at radius 3 is 2.72 bits per heavy atom.